The van der Waals surface area contributed by atoms with Crippen LogP contribution in [0.1, 0.15) is 25.0 Å². The van der Waals surface area contributed by atoms with Gasteiger partial charge in [0.25, 0.3) is 0 Å². The minimum absolute atomic E-state index is 0.292. The molecule has 0 spiro atoms. The summed E-state index contributed by atoms with van der Waals surface area (Å²) in [6.45, 7) is 1.68. The first-order valence-electron chi connectivity index (χ1n) is 5.05. The zero-order chi connectivity index (χ0) is 12.1. The van der Waals surface area contributed by atoms with Gasteiger partial charge in [-0.2, -0.15) is 0 Å². The van der Waals surface area contributed by atoms with Gasteiger partial charge in [-0.25, -0.2) is 0 Å². The van der Waals surface area contributed by atoms with Crippen molar-refractivity contribution in [3.8, 4) is 5.75 Å². The summed E-state index contributed by atoms with van der Waals surface area (Å²) < 4.78 is 4.97. The van der Waals surface area contributed by atoms with Gasteiger partial charge in [0.2, 0.25) is 6.04 Å². The molecule has 0 radical (unpaired) electrons. The maximum atomic E-state index is 10.7. The van der Waals surface area contributed by atoms with Crippen molar-refractivity contribution in [2.45, 2.75) is 25.5 Å². The van der Waals surface area contributed by atoms with Crippen LogP contribution in [0.3, 0.4) is 0 Å². The van der Waals surface area contributed by atoms with Gasteiger partial charge in [0.15, 0.2) is 0 Å². The van der Waals surface area contributed by atoms with Gasteiger partial charge >= 0.3 is 0 Å². The first-order valence-corrected chi connectivity index (χ1v) is 5.05. The Balaban J connectivity index is 2.86. The summed E-state index contributed by atoms with van der Waals surface area (Å²) >= 11 is 0. The van der Waals surface area contributed by atoms with Crippen molar-refractivity contribution in [1.29, 1.82) is 0 Å². The molecular formula is C11H15NO4. The molecule has 0 aliphatic heterocycles. The number of benzene rings is 1. The van der Waals surface area contributed by atoms with Crippen LogP contribution in [0.25, 0.3) is 0 Å². The molecule has 88 valence electrons. The van der Waals surface area contributed by atoms with Crippen molar-refractivity contribution >= 4 is 0 Å². The number of aliphatic hydroxyl groups is 1. The van der Waals surface area contributed by atoms with Gasteiger partial charge in [-0.3, -0.25) is 10.1 Å². The van der Waals surface area contributed by atoms with Crippen LogP contribution in [0.2, 0.25) is 0 Å². The summed E-state index contributed by atoms with van der Waals surface area (Å²) in [6.07, 6.45) is -0.786. The van der Waals surface area contributed by atoms with Crippen molar-refractivity contribution in [1.82, 2.24) is 0 Å². The van der Waals surface area contributed by atoms with Crippen LogP contribution in [0.15, 0.2) is 24.3 Å². The highest BCUT2D eigenvalue weighted by atomic mass is 16.6. The van der Waals surface area contributed by atoms with E-state index < -0.39 is 17.1 Å². The molecule has 0 aliphatic rings. The second-order valence-corrected chi connectivity index (χ2v) is 3.48. The minimum Gasteiger partial charge on any atom is -0.497 e. The van der Waals surface area contributed by atoms with Gasteiger partial charge in [0.1, 0.15) is 11.9 Å². The average Bonchev–Trinajstić information content (AvgIpc) is 2.29. The lowest BCUT2D eigenvalue weighted by atomic mass is 10.0. The molecule has 1 aromatic carbocycles. The summed E-state index contributed by atoms with van der Waals surface area (Å²) in [5, 5.41) is 20.5. The number of methoxy groups -OCH3 is 1. The Morgan fingerprint density at radius 2 is 2.00 bits per heavy atom. The predicted molar refractivity (Wildman–Crippen MR) is 59.0 cm³/mol. The summed E-state index contributed by atoms with van der Waals surface area (Å²) in [4.78, 5) is 10.2. The number of hydrogen-bond acceptors (Lipinski definition) is 4. The van der Waals surface area contributed by atoms with E-state index in [-0.39, 0.29) is 0 Å². The molecule has 1 aromatic rings. The van der Waals surface area contributed by atoms with E-state index in [1.807, 2.05) is 0 Å². The summed E-state index contributed by atoms with van der Waals surface area (Å²) in [5.74, 6) is 0.658. The summed E-state index contributed by atoms with van der Waals surface area (Å²) in [5.41, 5.74) is 0.532. The fourth-order valence-electron chi connectivity index (χ4n) is 1.51. The molecule has 0 saturated carbocycles. The smallest absolute Gasteiger partial charge is 0.242 e. The second-order valence-electron chi connectivity index (χ2n) is 3.48. The van der Waals surface area contributed by atoms with E-state index in [0.29, 0.717) is 17.7 Å². The highest BCUT2D eigenvalue weighted by molar-refractivity contribution is 5.28. The van der Waals surface area contributed by atoms with Crippen molar-refractivity contribution < 1.29 is 14.8 Å². The highest BCUT2D eigenvalue weighted by Gasteiger charge is 2.28. The standard InChI is InChI=1S/C11H15NO4/c1-3-10(12(14)15)11(13)8-4-6-9(16-2)7-5-8/h4-7,10-11,13H,3H2,1-2H3. The summed E-state index contributed by atoms with van der Waals surface area (Å²) in [6, 6.07) is 5.65. The number of ether oxygens (including phenoxy) is 1. The monoisotopic (exact) mass is 225 g/mol. The number of nitrogens with zero attached hydrogens (tertiary/aromatic N) is 1. The quantitative estimate of drug-likeness (QED) is 0.612. The molecule has 2 atom stereocenters. The Kier molecular flexibility index (Phi) is 4.25. The molecule has 0 amide bonds. The first-order chi connectivity index (χ1) is 7.60. The fourth-order valence-corrected chi connectivity index (χ4v) is 1.51. The third-order valence-corrected chi connectivity index (χ3v) is 2.51. The third-order valence-electron chi connectivity index (χ3n) is 2.51. The maximum absolute atomic E-state index is 10.7. The molecule has 16 heavy (non-hydrogen) atoms. The highest BCUT2D eigenvalue weighted by Crippen LogP contribution is 2.23. The first kappa shape index (κ1) is 12.4. The maximum Gasteiger partial charge on any atom is 0.242 e. The van der Waals surface area contributed by atoms with E-state index >= 15 is 0 Å². The topological polar surface area (TPSA) is 72.6 Å². The van der Waals surface area contributed by atoms with Crippen LogP contribution in [0.4, 0.5) is 0 Å². The minimum atomic E-state index is -1.08. The van der Waals surface area contributed by atoms with Gasteiger partial charge in [0, 0.05) is 11.3 Å². The molecule has 5 nitrogen and oxygen atoms in total. The lowest BCUT2D eigenvalue weighted by Crippen LogP contribution is -2.26. The van der Waals surface area contributed by atoms with Crippen LogP contribution in [0, 0.1) is 10.1 Å². The van der Waals surface area contributed by atoms with Crippen LogP contribution in [-0.4, -0.2) is 23.2 Å². The normalized spacial score (nSPS) is 14.2. The van der Waals surface area contributed by atoms with Crippen LogP contribution >= 0.6 is 0 Å². The molecule has 1 N–H and O–H groups in total. The number of rotatable bonds is 5. The number of aliphatic hydroxyl groups excluding tert-OH is 1. The van der Waals surface area contributed by atoms with Gasteiger partial charge in [0.05, 0.1) is 7.11 Å². The van der Waals surface area contributed by atoms with Crippen molar-refractivity contribution in [2.75, 3.05) is 7.11 Å². The lowest BCUT2D eigenvalue weighted by molar-refractivity contribution is -0.536. The van der Waals surface area contributed by atoms with E-state index in [1.165, 1.54) is 7.11 Å². The zero-order valence-electron chi connectivity index (χ0n) is 9.29. The Bertz CT molecular complexity index is 350. The Hall–Kier alpha value is -1.62. The Morgan fingerprint density at radius 1 is 1.44 bits per heavy atom. The molecule has 2 unspecified atom stereocenters. The molecule has 0 saturated heterocycles. The Labute approximate surface area is 93.8 Å². The molecule has 1 rings (SSSR count). The van der Waals surface area contributed by atoms with Crippen molar-refractivity contribution in [2.24, 2.45) is 0 Å². The Morgan fingerprint density at radius 3 is 2.38 bits per heavy atom. The second kappa shape index (κ2) is 5.46. The van der Waals surface area contributed by atoms with Gasteiger partial charge in [-0.15, -0.1) is 0 Å². The number of hydrogen-bond donors (Lipinski definition) is 1. The molecule has 5 heteroatoms. The predicted octanol–water partition coefficient (Wildman–Crippen LogP) is 1.78. The van der Waals surface area contributed by atoms with Crippen LogP contribution in [0.5, 0.6) is 5.75 Å². The van der Waals surface area contributed by atoms with Crippen molar-refractivity contribution in [3.63, 3.8) is 0 Å². The number of nitro groups is 1. The SMILES string of the molecule is CCC(C(O)c1ccc(OC)cc1)[N+](=O)[O-]. The van der Waals surface area contributed by atoms with Crippen LogP contribution in [-0.2, 0) is 0 Å². The lowest BCUT2D eigenvalue weighted by Gasteiger charge is -2.15. The van der Waals surface area contributed by atoms with E-state index in [4.69, 9.17) is 4.74 Å². The molecule has 0 fully saturated rings. The molecular weight excluding hydrogens is 210 g/mol. The van der Waals surface area contributed by atoms with E-state index in [0.717, 1.165) is 0 Å². The van der Waals surface area contributed by atoms with Gasteiger partial charge in [-0.05, 0) is 17.7 Å². The molecule has 0 heterocycles. The molecule has 0 bridgehead atoms. The largest absolute Gasteiger partial charge is 0.497 e. The van der Waals surface area contributed by atoms with Crippen LogP contribution < -0.4 is 4.74 Å². The van der Waals surface area contributed by atoms with Gasteiger partial charge in [-0.1, -0.05) is 19.1 Å². The van der Waals surface area contributed by atoms with Gasteiger partial charge < -0.3 is 9.84 Å². The molecule has 0 aliphatic carbocycles. The van der Waals surface area contributed by atoms with E-state index in [2.05, 4.69) is 0 Å². The van der Waals surface area contributed by atoms with Crippen molar-refractivity contribution in [3.05, 3.63) is 39.9 Å². The third kappa shape index (κ3) is 2.70. The molecule has 0 aromatic heterocycles. The zero-order valence-corrected chi connectivity index (χ0v) is 9.29. The average molecular weight is 225 g/mol. The fraction of sp³-hybridized carbons (Fsp3) is 0.455. The van der Waals surface area contributed by atoms with E-state index in [9.17, 15) is 15.2 Å². The summed E-state index contributed by atoms with van der Waals surface area (Å²) in [7, 11) is 1.54. The van der Waals surface area contributed by atoms with E-state index in [1.54, 1.807) is 31.2 Å².